The zero-order chi connectivity index (χ0) is 16.6. The Labute approximate surface area is 135 Å². The third-order valence-corrected chi connectivity index (χ3v) is 6.35. The highest BCUT2D eigenvalue weighted by Gasteiger charge is 2.40. The quantitative estimate of drug-likeness (QED) is 0.767. The van der Waals surface area contributed by atoms with Gasteiger partial charge in [-0.25, -0.2) is 13.2 Å². The lowest BCUT2D eigenvalue weighted by Gasteiger charge is -2.24. The SMILES string of the molecule is COC(=O)[C@@H]1Cc2ccccc2N1C(=O)C[C@H]1CCS(=O)(=O)C1. The Kier molecular flexibility index (Phi) is 4.14. The van der Waals surface area contributed by atoms with Crippen LogP contribution in [0.2, 0.25) is 0 Å². The summed E-state index contributed by atoms with van der Waals surface area (Å²) in [4.78, 5) is 26.2. The number of amides is 1. The van der Waals surface area contributed by atoms with E-state index >= 15 is 0 Å². The lowest BCUT2D eigenvalue weighted by Crippen LogP contribution is -2.44. The van der Waals surface area contributed by atoms with Crippen LogP contribution < -0.4 is 4.90 Å². The van der Waals surface area contributed by atoms with Crippen molar-refractivity contribution in [2.45, 2.75) is 25.3 Å². The van der Waals surface area contributed by atoms with Crippen molar-refractivity contribution in [2.75, 3.05) is 23.5 Å². The summed E-state index contributed by atoms with van der Waals surface area (Å²) in [5.41, 5.74) is 1.64. The molecule has 1 aromatic carbocycles. The number of hydrogen-bond donors (Lipinski definition) is 0. The van der Waals surface area contributed by atoms with Crippen molar-refractivity contribution in [3.63, 3.8) is 0 Å². The van der Waals surface area contributed by atoms with E-state index in [1.54, 1.807) is 0 Å². The number of benzene rings is 1. The number of esters is 1. The molecule has 1 saturated heterocycles. The number of carbonyl (C=O) groups is 2. The summed E-state index contributed by atoms with van der Waals surface area (Å²) in [5.74, 6) is -0.640. The van der Waals surface area contributed by atoms with E-state index in [1.807, 2.05) is 24.3 Å². The molecule has 1 amide bonds. The second-order valence-electron chi connectivity index (χ2n) is 6.11. The van der Waals surface area contributed by atoms with Gasteiger partial charge in [0.25, 0.3) is 0 Å². The van der Waals surface area contributed by atoms with E-state index in [1.165, 1.54) is 12.0 Å². The van der Waals surface area contributed by atoms with Gasteiger partial charge in [-0.3, -0.25) is 9.69 Å². The van der Waals surface area contributed by atoms with Crippen molar-refractivity contribution in [2.24, 2.45) is 5.92 Å². The summed E-state index contributed by atoms with van der Waals surface area (Å²) in [5, 5.41) is 0. The smallest absolute Gasteiger partial charge is 0.329 e. The molecule has 3 rings (SSSR count). The van der Waals surface area contributed by atoms with Gasteiger partial charge < -0.3 is 4.74 Å². The summed E-state index contributed by atoms with van der Waals surface area (Å²) in [6.45, 7) is 0. The van der Waals surface area contributed by atoms with Gasteiger partial charge in [-0.2, -0.15) is 0 Å². The number of methoxy groups -OCH3 is 1. The standard InChI is InChI=1S/C16H19NO5S/c1-22-16(19)14-9-12-4-2-3-5-13(12)17(14)15(18)8-11-6-7-23(20,21)10-11/h2-5,11,14H,6-10H2,1H3/t11-,14+/m1/s1. The number of hydrogen-bond acceptors (Lipinski definition) is 5. The maximum Gasteiger partial charge on any atom is 0.329 e. The van der Waals surface area contributed by atoms with Crippen LogP contribution in [0.25, 0.3) is 0 Å². The van der Waals surface area contributed by atoms with Gasteiger partial charge in [0.15, 0.2) is 9.84 Å². The molecule has 23 heavy (non-hydrogen) atoms. The molecule has 0 aliphatic carbocycles. The molecule has 2 aliphatic heterocycles. The highest BCUT2D eigenvalue weighted by molar-refractivity contribution is 7.91. The first-order valence-corrected chi connectivity index (χ1v) is 9.41. The zero-order valence-electron chi connectivity index (χ0n) is 12.9. The van der Waals surface area contributed by atoms with Gasteiger partial charge >= 0.3 is 5.97 Å². The number of ether oxygens (including phenoxy) is 1. The fourth-order valence-electron chi connectivity index (χ4n) is 3.40. The highest BCUT2D eigenvalue weighted by atomic mass is 32.2. The third-order valence-electron chi connectivity index (χ3n) is 4.51. The predicted molar refractivity (Wildman–Crippen MR) is 84.8 cm³/mol. The molecule has 2 aliphatic rings. The average Bonchev–Trinajstić information content (AvgIpc) is 3.06. The first-order valence-electron chi connectivity index (χ1n) is 7.59. The van der Waals surface area contributed by atoms with E-state index in [0.717, 1.165) is 5.56 Å². The molecule has 1 aromatic rings. The molecule has 0 aromatic heterocycles. The Balaban J connectivity index is 1.82. The van der Waals surface area contributed by atoms with E-state index in [2.05, 4.69) is 0 Å². The molecule has 0 N–H and O–H groups in total. The van der Waals surface area contributed by atoms with Gasteiger partial charge in [-0.1, -0.05) is 18.2 Å². The molecule has 0 spiro atoms. The third kappa shape index (κ3) is 3.10. The van der Waals surface area contributed by atoms with E-state index < -0.39 is 21.8 Å². The minimum atomic E-state index is -3.02. The van der Waals surface area contributed by atoms with Gasteiger partial charge in [0.2, 0.25) is 5.91 Å². The minimum absolute atomic E-state index is 0.0527. The van der Waals surface area contributed by atoms with Crippen LogP contribution in [-0.4, -0.2) is 45.0 Å². The normalized spacial score (nSPS) is 25.2. The van der Waals surface area contributed by atoms with Crippen LogP contribution in [0.15, 0.2) is 24.3 Å². The van der Waals surface area contributed by atoms with E-state index in [4.69, 9.17) is 4.74 Å². The van der Waals surface area contributed by atoms with Crippen LogP contribution in [0.4, 0.5) is 5.69 Å². The maximum absolute atomic E-state index is 12.7. The van der Waals surface area contributed by atoms with Crippen molar-refractivity contribution < 1.29 is 22.7 Å². The second kappa shape index (κ2) is 5.96. The maximum atomic E-state index is 12.7. The number of nitrogens with zero attached hydrogens (tertiary/aromatic N) is 1. The first-order chi connectivity index (χ1) is 10.9. The van der Waals surface area contributed by atoms with Gasteiger partial charge in [-0.05, 0) is 24.0 Å². The monoisotopic (exact) mass is 337 g/mol. The topological polar surface area (TPSA) is 80.8 Å². The van der Waals surface area contributed by atoms with Crippen molar-refractivity contribution in [3.8, 4) is 0 Å². The number of rotatable bonds is 3. The van der Waals surface area contributed by atoms with Crippen LogP contribution in [0, 0.1) is 5.92 Å². The minimum Gasteiger partial charge on any atom is -0.467 e. The molecule has 0 bridgehead atoms. The number of sulfone groups is 1. The number of para-hydroxylation sites is 1. The molecular formula is C16H19NO5S. The van der Waals surface area contributed by atoms with Gasteiger partial charge in [-0.15, -0.1) is 0 Å². The lowest BCUT2D eigenvalue weighted by atomic mass is 10.0. The summed E-state index contributed by atoms with van der Waals surface area (Å²) >= 11 is 0. The van der Waals surface area contributed by atoms with Crippen LogP contribution >= 0.6 is 0 Å². The molecule has 7 heteroatoms. The zero-order valence-corrected chi connectivity index (χ0v) is 13.7. The first kappa shape index (κ1) is 16.0. The second-order valence-corrected chi connectivity index (χ2v) is 8.34. The fraction of sp³-hybridized carbons (Fsp3) is 0.500. The van der Waals surface area contributed by atoms with E-state index in [0.29, 0.717) is 18.5 Å². The molecule has 2 heterocycles. The summed E-state index contributed by atoms with van der Waals surface area (Å²) in [6, 6.07) is 6.71. The van der Waals surface area contributed by atoms with Gasteiger partial charge in [0.05, 0.1) is 18.6 Å². The van der Waals surface area contributed by atoms with Crippen molar-refractivity contribution in [3.05, 3.63) is 29.8 Å². The van der Waals surface area contributed by atoms with Crippen molar-refractivity contribution >= 4 is 27.4 Å². The molecule has 124 valence electrons. The Morgan fingerprint density at radius 2 is 2.04 bits per heavy atom. The largest absolute Gasteiger partial charge is 0.467 e. The molecule has 1 fully saturated rings. The van der Waals surface area contributed by atoms with E-state index in [-0.39, 0.29) is 29.8 Å². The fourth-order valence-corrected chi connectivity index (χ4v) is 5.26. The number of carbonyl (C=O) groups excluding carboxylic acids is 2. The molecular weight excluding hydrogens is 318 g/mol. The van der Waals surface area contributed by atoms with Crippen LogP contribution in [0.3, 0.4) is 0 Å². The summed E-state index contributed by atoms with van der Waals surface area (Å²) in [6.07, 6.45) is 1.07. The lowest BCUT2D eigenvalue weighted by molar-refractivity contribution is -0.143. The van der Waals surface area contributed by atoms with Crippen LogP contribution in [-0.2, 0) is 30.6 Å². The predicted octanol–water partition coefficient (Wildman–Crippen LogP) is 0.942. The van der Waals surface area contributed by atoms with Crippen LogP contribution in [0.1, 0.15) is 18.4 Å². The molecule has 0 radical (unpaired) electrons. The summed E-state index contributed by atoms with van der Waals surface area (Å²) < 4.78 is 27.9. The van der Waals surface area contributed by atoms with Crippen molar-refractivity contribution in [1.29, 1.82) is 0 Å². The number of anilines is 1. The van der Waals surface area contributed by atoms with Gasteiger partial charge in [0.1, 0.15) is 6.04 Å². The molecule has 6 nitrogen and oxygen atoms in total. The Bertz CT molecular complexity index is 743. The Morgan fingerprint density at radius 3 is 2.70 bits per heavy atom. The number of fused-ring (bicyclic) bond motifs is 1. The average molecular weight is 337 g/mol. The van der Waals surface area contributed by atoms with Crippen molar-refractivity contribution in [1.82, 2.24) is 0 Å². The molecule has 2 atom stereocenters. The van der Waals surface area contributed by atoms with E-state index in [9.17, 15) is 18.0 Å². The highest BCUT2D eigenvalue weighted by Crippen LogP contribution is 2.34. The van der Waals surface area contributed by atoms with Crippen LogP contribution in [0.5, 0.6) is 0 Å². The molecule has 0 saturated carbocycles. The summed E-state index contributed by atoms with van der Waals surface area (Å²) in [7, 11) is -1.72. The Hall–Kier alpha value is -1.89. The Morgan fingerprint density at radius 1 is 1.30 bits per heavy atom. The van der Waals surface area contributed by atoms with Gasteiger partial charge in [0, 0.05) is 18.5 Å². The molecule has 0 unspecified atom stereocenters.